The summed E-state index contributed by atoms with van der Waals surface area (Å²) in [6, 6.07) is 4.32. The van der Waals surface area contributed by atoms with Crippen LogP contribution in [0.2, 0.25) is 0 Å². The predicted octanol–water partition coefficient (Wildman–Crippen LogP) is 2.08. The summed E-state index contributed by atoms with van der Waals surface area (Å²) < 4.78 is 6.56. The van der Waals surface area contributed by atoms with Crippen LogP contribution in [0.4, 0.5) is 4.79 Å². The second kappa shape index (κ2) is 7.86. The molecule has 0 bridgehead atoms. The van der Waals surface area contributed by atoms with Crippen LogP contribution in [-0.4, -0.2) is 51.2 Å². The van der Waals surface area contributed by atoms with Gasteiger partial charge in [-0.05, 0) is 45.9 Å². The Morgan fingerprint density at radius 2 is 1.94 bits per heavy atom. The van der Waals surface area contributed by atoms with E-state index < -0.39 is 22.9 Å². The van der Waals surface area contributed by atoms with E-state index in [2.05, 4.69) is 10.3 Å². The van der Waals surface area contributed by atoms with Crippen molar-refractivity contribution in [3.8, 4) is 0 Å². The number of likely N-dealkylation sites (tertiary alicyclic amines) is 1. The third kappa shape index (κ3) is 4.65. The van der Waals surface area contributed by atoms with Gasteiger partial charge in [-0.3, -0.25) is 14.2 Å². The van der Waals surface area contributed by atoms with E-state index in [4.69, 9.17) is 4.74 Å². The molecule has 31 heavy (non-hydrogen) atoms. The van der Waals surface area contributed by atoms with Crippen LogP contribution in [0.3, 0.4) is 0 Å². The van der Waals surface area contributed by atoms with Gasteiger partial charge in [-0.2, -0.15) is 0 Å². The van der Waals surface area contributed by atoms with E-state index in [1.165, 1.54) is 6.07 Å². The largest absolute Gasteiger partial charge is 0.444 e. The van der Waals surface area contributed by atoms with Crippen LogP contribution >= 0.6 is 0 Å². The molecule has 3 rings (SSSR count). The molecule has 1 aromatic heterocycles. The summed E-state index contributed by atoms with van der Waals surface area (Å²) in [5.74, 6) is -0.341. The molecule has 9 nitrogen and oxygen atoms in total. The van der Waals surface area contributed by atoms with Crippen molar-refractivity contribution >= 4 is 22.9 Å². The third-order valence-electron chi connectivity index (χ3n) is 5.46. The maximum Gasteiger partial charge on any atom is 0.410 e. The van der Waals surface area contributed by atoms with Crippen molar-refractivity contribution in [3.63, 3.8) is 0 Å². The minimum Gasteiger partial charge on any atom is -0.444 e. The molecule has 1 unspecified atom stereocenters. The van der Waals surface area contributed by atoms with E-state index in [1.54, 1.807) is 24.0 Å². The SMILES string of the molecule is CCn1c(=O)[nH]c2cc(C(=O)NC3CN(C(=O)OC(C)(C)C)CC3(C)C)ccc2c1=O. The molecule has 0 saturated carbocycles. The lowest BCUT2D eigenvalue weighted by molar-refractivity contribution is 0.0277. The van der Waals surface area contributed by atoms with Crippen LogP contribution < -0.4 is 16.6 Å². The molecule has 9 heteroatoms. The molecule has 0 radical (unpaired) electrons. The molecule has 1 saturated heterocycles. The number of hydrogen-bond acceptors (Lipinski definition) is 5. The molecular weight excluding hydrogens is 400 g/mol. The molecule has 2 heterocycles. The van der Waals surface area contributed by atoms with E-state index in [0.717, 1.165) is 4.57 Å². The van der Waals surface area contributed by atoms with E-state index in [1.807, 2.05) is 34.6 Å². The predicted molar refractivity (Wildman–Crippen MR) is 117 cm³/mol. The van der Waals surface area contributed by atoms with Crippen molar-refractivity contribution in [2.45, 2.75) is 59.7 Å². The number of H-pyrrole nitrogens is 1. The van der Waals surface area contributed by atoms with Crippen LogP contribution in [0, 0.1) is 5.41 Å². The number of carbonyl (C=O) groups is 2. The van der Waals surface area contributed by atoms with Crippen molar-refractivity contribution in [3.05, 3.63) is 44.6 Å². The second-order valence-electron chi connectivity index (χ2n) is 9.62. The Bertz CT molecular complexity index is 1140. The van der Waals surface area contributed by atoms with Gasteiger partial charge in [0.1, 0.15) is 5.60 Å². The highest BCUT2D eigenvalue weighted by atomic mass is 16.6. The molecule has 2 amide bonds. The van der Waals surface area contributed by atoms with Crippen molar-refractivity contribution < 1.29 is 14.3 Å². The standard InChI is InChI=1S/C22H30N4O5/c1-7-26-18(28)14-9-8-13(10-15(14)23-19(26)29)17(27)24-16-11-25(12-22(16,5)6)20(30)31-21(2,3)4/h8-10,16H,7,11-12H2,1-6H3,(H,23,29)(H,24,27). The van der Waals surface area contributed by atoms with Gasteiger partial charge in [0.2, 0.25) is 0 Å². The Morgan fingerprint density at radius 1 is 1.26 bits per heavy atom. The van der Waals surface area contributed by atoms with E-state index >= 15 is 0 Å². The molecule has 1 aliphatic heterocycles. The first-order valence-electron chi connectivity index (χ1n) is 10.4. The molecule has 1 fully saturated rings. The maximum absolute atomic E-state index is 12.9. The van der Waals surface area contributed by atoms with Gasteiger partial charge in [-0.25, -0.2) is 9.59 Å². The summed E-state index contributed by atoms with van der Waals surface area (Å²) >= 11 is 0. The maximum atomic E-state index is 12.9. The van der Waals surface area contributed by atoms with Gasteiger partial charge < -0.3 is 19.9 Å². The highest BCUT2D eigenvalue weighted by Gasteiger charge is 2.43. The van der Waals surface area contributed by atoms with Gasteiger partial charge >= 0.3 is 11.8 Å². The molecular formula is C22H30N4O5. The molecule has 1 aliphatic rings. The summed E-state index contributed by atoms with van der Waals surface area (Å²) in [6.07, 6.45) is -0.409. The number of ether oxygens (including phenoxy) is 1. The van der Waals surface area contributed by atoms with Crippen molar-refractivity contribution in [2.24, 2.45) is 5.41 Å². The fourth-order valence-corrected chi connectivity index (χ4v) is 3.77. The Balaban J connectivity index is 1.81. The minimum atomic E-state index is -0.596. The fourth-order valence-electron chi connectivity index (χ4n) is 3.77. The summed E-state index contributed by atoms with van der Waals surface area (Å²) in [6.45, 7) is 12.2. The van der Waals surface area contributed by atoms with Gasteiger partial charge in [-0.1, -0.05) is 13.8 Å². The number of hydrogen-bond donors (Lipinski definition) is 2. The Hall–Kier alpha value is -3.10. The first-order chi connectivity index (χ1) is 14.3. The average molecular weight is 431 g/mol. The summed E-state index contributed by atoms with van der Waals surface area (Å²) in [5.41, 5.74) is -1.22. The average Bonchev–Trinajstić information content (AvgIpc) is 2.94. The highest BCUT2D eigenvalue weighted by molar-refractivity contribution is 5.97. The monoisotopic (exact) mass is 430 g/mol. The van der Waals surface area contributed by atoms with Gasteiger partial charge in [-0.15, -0.1) is 0 Å². The van der Waals surface area contributed by atoms with Crippen LogP contribution in [0.25, 0.3) is 10.9 Å². The van der Waals surface area contributed by atoms with E-state index in [-0.39, 0.29) is 23.9 Å². The first-order valence-corrected chi connectivity index (χ1v) is 10.4. The molecule has 0 spiro atoms. The quantitative estimate of drug-likeness (QED) is 0.774. The number of rotatable bonds is 3. The first kappa shape index (κ1) is 22.6. The molecule has 1 atom stereocenters. The van der Waals surface area contributed by atoms with Crippen LogP contribution in [0.15, 0.2) is 27.8 Å². The number of amides is 2. The second-order valence-corrected chi connectivity index (χ2v) is 9.62. The Labute approximate surface area is 180 Å². The van der Waals surface area contributed by atoms with Gasteiger partial charge in [0.15, 0.2) is 0 Å². The van der Waals surface area contributed by atoms with Crippen LogP contribution in [0.1, 0.15) is 51.9 Å². The summed E-state index contributed by atoms with van der Waals surface area (Å²) in [4.78, 5) is 54.1. The number of carbonyl (C=O) groups excluding carboxylic acids is 2. The molecule has 2 aromatic rings. The zero-order valence-corrected chi connectivity index (χ0v) is 18.9. The lowest BCUT2D eigenvalue weighted by Gasteiger charge is -2.26. The van der Waals surface area contributed by atoms with Crippen molar-refractivity contribution in [2.75, 3.05) is 13.1 Å². The topological polar surface area (TPSA) is 114 Å². The van der Waals surface area contributed by atoms with E-state index in [9.17, 15) is 19.2 Å². The minimum absolute atomic E-state index is 0.261. The zero-order chi connectivity index (χ0) is 23.1. The highest BCUT2D eigenvalue weighted by Crippen LogP contribution is 2.31. The van der Waals surface area contributed by atoms with Crippen molar-refractivity contribution in [1.29, 1.82) is 0 Å². The number of fused-ring (bicyclic) bond motifs is 1. The van der Waals surface area contributed by atoms with Crippen LogP contribution in [-0.2, 0) is 11.3 Å². The third-order valence-corrected chi connectivity index (χ3v) is 5.46. The van der Waals surface area contributed by atoms with Gasteiger partial charge in [0.25, 0.3) is 11.5 Å². The Morgan fingerprint density at radius 3 is 2.55 bits per heavy atom. The smallest absolute Gasteiger partial charge is 0.410 e. The number of aromatic amines is 1. The lowest BCUT2D eigenvalue weighted by atomic mass is 9.87. The summed E-state index contributed by atoms with van der Waals surface area (Å²) in [7, 11) is 0. The van der Waals surface area contributed by atoms with Crippen LogP contribution in [0.5, 0.6) is 0 Å². The summed E-state index contributed by atoms with van der Waals surface area (Å²) in [5, 5.41) is 3.33. The normalized spacial score (nSPS) is 18.3. The number of benzene rings is 1. The molecule has 1 aromatic carbocycles. The number of aromatic nitrogens is 2. The number of nitrogens with one attached hydrogen (secondary N) is 2. The Kier molecular flexibility index (Phi) is 5.73. The molecule has 2 N–H and O–H groups in total. The fraction of sp³-hybridized carbons (Fsp3) is 0.545. The van der Waals surface area contributed by atoms with Crippen molar-refractivity contribution in [1.82, 2.24) is 19.8 Å². The molecule has 168 valence electrons. The zero-order valence-electron chi connectivity index (χ0n) is 18.9. The van der Waals surface area contributed by atoms with E-state index in [0.29, 0.717) is 29.6 Å². The molecule has 0 aliphatic carbocycles. The van der Waals surface area contributed by atoms with Gasteiger partial charge in [0, 0.05) is 30.6 Å². The number of nitrogens with zero attached hydrogens (tertiary/aromatic N) is 2. The van der Waals surface area contributed by atoms with Gasteiger partial charge in [0.05, 0.1) is 16.9 Å². The lowest BCUT2D eigenvalue weighted by Crippen LogP contribution is -2.44.